The summed E-state index contributed by atoms with van der Waals surface area (Å²) in [4.78, 5) is 24.2. The fraction of sp³-hybridized carbons (Fsp3) is 0.571. The Morgan fingerprint density at radius 3 is 2.69 bits per heavy atom. The molecule has 1 atom stereocenters. The van der Waals surface area contributed by atoms with Crippen LogP contribution in [0.1, 0.15) is 63.5 Å². The Balaban J connectivity index is 2.86. The van der Waals surface area contributed by atoms with Gasteiger partial charge >= 0.3 is 5.97 Å². The molecule has 142 valence electrons. The highest BCUT2D eigenvalue weighted by Gasteiger charge is 2.33. The number of ether oxygens (including phenoxy) is 1. The molecule has 0 aliphatic heterocycles. The number of nitriles is 1. The van der Waals surface area contributed by atoms with E-state index in [0.717, 1.165) is 36.8 Å². The third-order valence-corrected chi connectivity index (χ3v) is 5.20. The van der Waals surface area contributed by atoms with Crippen molar-refractivity contribution in [2.45, 2.75) is 64.2 Å². The number of unbranched alkanes of at least 4 members (excludes halogenated alkanes) is 3. The Kier molecular flexibility index (Phi) is 10.2. The normalized spacial score (nSPS) is 12.8. The Hall–Kier alpha value is -1.67. The maximum Gasteiger partial charge on any atom is 0.306 e. The lowest BCUT2D eigenvalue weighted by atomic mass is 9.74. The van der Waals surface area contributed by atoms with Crippen LogP contribution >= 0.6 is 15.9 Å². The number of carbonyl (C=O) groups is 2. The largest absolute Gasteiger partial charge is 0.466 e. The fourth-order valence-corrected chi connectivity index (χ4v) is 3.62. The highest BCUT2D eigenvalue weighted by Crippen LogP contribution is 2.32. The van der Waals surface area contributed by atoms with Gasteiger partial charge in [-0.25, -0.2) is 0 Å². The number of esters is 1. The number of ketones is 1. The van der Waals surface area contributed by atoms with Gasteiger partial charge in [0.25, 0.3) is 0 Å². The highest BCUT2D eigenvalue weighted by atomic mass is 79.9. The third kappa shape index (κ3) is 6.92. The van der Waals surface area contributed by atoms with E-state index in [1.807, 2.05) is 31.2 Å². The molecule has 0 radical (unpaired) electrons. The van der Waals surface area contributed by atoms with Crippen LogP contribution < -0.4 is 0 Å². The van der Waals surface area contributed by atoms with E-state index in [9.17, 15) is 9.59 Å². The lowest BCUT2D eigenvalue weighted by Gasteiger charge is -2.29. The van der Waals surface area contributed by atoms with Gasteiger partial charge < -0.3 is 4.74 Å². The van der Waals surface area contributed by atoms with Gasteiger partial charge in [0.05, 0.1) is 23.4 Å². The zero-order chi connectivity index (χ0) is 19.4. The molecule has 0 aliphatic rings. The number of hydrogen-bond acceptors (Lipinski definition) is 4. The average molecular weight is 422 g/mol. The first kappa shape index (κ1) is 22.4. The number of halogens is 1. The quantitative estimate of drug-likeness (QED) is 0.274. The van der Waals surface area contributed by atoms with Gasteiger partial charge in [-0.05, 0) is 44.2 Å². The van der Waals surface area contributed by atoms with Crippen LogP contribution in [0.4, 0.5) is 0 Å². The summed E-state index contributed by atoms with van der Waals surface area (Å²) in [6.07, 6.45) is 4.98. The van der Waals surface area contributed by atoms with E-state index in [0.29, 0.717) is 31.2 Å². The SMILES string of the molecule is CCOC(=O)CCc1cccc(C(C)(CCCCCC#N)C(=O)CBr)c1. The molecule has 1 unspecified atom stereocenters. The first-order chi connectivity index (χ1) is 12.5. The van der Waals surface area contributed by atoms with Crippen molar-refractivity contribution in [2.24, 2.45) is 0 Å². The number of aryl methyl sites for hydroxylation is 1. The maximum absolute atomic E-state index is 12.6. The van der Waals surface area contributed by atoms with Crippen LogP contribution in [0.5, 0.6) is 0 Å². The minimum Gasteiger partial charge on any atom is -0.466 e. The molecule has 0 heterocycles. The number of hydrogen-bond donors (Lipinski definition) is 0. The molecule has 0 amide bonds. The number of benzene rings is 1. The summed E-state index contributed by atoms with van der Waals surface area (Å²) in [5.74, 6) is -0.0463. The second-order valence-electron chi connectivity index (χ2n) is 6.61. The van der Waals surface area contributed by atoms with Crippen molar-refractivity contribution in [3.05, 3.63) is 35.4 Å². The van der Waals surface area contributed by atoms with Gasteiger partial charge in [0.2, 0.25) is 0 Å². The van der Waals surface area contributed by atoms with E-state index in [-0.39, 0.29) is 11.8 Å². The number of carbonyl (C=O) groups excluding carboxylic acids is 2. The van der Waals surface area contributed by atoms with Crippen molar-refractivity contribution in [3.63, 3.8) is 0 Å². The molecule has 5 heteroatoms. The number of alkyl halides is 1. The molecule has 0 fully saturated rings. The fourth-order valence-electron chi connectivity index (χ4n) is 3.00. The second-order valence-corrected chi connectivity index (χ2v) is 7.17. The van der Waals surface area contributed by atoms with Gasteiger partial charge in [0.15, 0.2) is 5.78 Å². The summed E-state index contributed by atoms with van der Waals surface area (Å²) >= 11 is 3.31. The minimum absolute atomic E-state index is 0.153. The highest BCUT2D eigenvalue weighted by molar-refractivity contribution is 9.09. The Labute approximate surface area is 165 Å². The molecular weight excluding hydrogens is 394 g/mol. The third-order valence-electron chi connectivity index (χ3n) is 4.69. The maximum atomic E-state index is 12.6. The summed E-state index contributed by atoms with van der Waals surface area (Å²) < 4.78 is 4.98. The zero-order valence-corrected chi connectivity index (χ0v) is 17.3. The van der Waals surface area contributed by atoms with E-state index in [1.54, 1.807) is 6.92 Å². The van der Waals surface area contributed by atoms with Crippen molar-refractivity contribution < 1.29 is 14.3 Å². The smallest absolute Gasteiger partial charge is 0.306 e. The lowest BCUT2D eigenvalue weighted by Crippen LogP contribution is -2.33. The standard InChI is InChI=1S/C21H28BrNO3/c1-3-26-20(25)12-11-17-9-8-10-18(15-17)21(2,19(24)16-22)13-6-4-5-7-14-23/h8-10,15H,3-7,11-13,16H2,1-2H3. The zero-order valence-electron chi connectivity index (χ0n) is 15.7. The minimum atomic E-state index is -0.559. The monoisotopic (exact) mass is 421 g/mol. The predicted octanol–water partition coefficient (Wildman–Crippen LogP) is 4.88. The molecule has 1 rings (SSSR count). The van der Waals surface area contributed by atoms with E-state index in [1.165, 1.54) is 0 Å². The summed E-state index contributed by atoms with van der Waals surface area (Å²) in [5, 5.41) is 8.95. The summed E-state index contributed by atoms with van der Waals surface area (Å²) in [6.45, 7) is 4.18. The van der Waals surface area contributed by atoms with Crippen LogP contribution in [-0.4, -0.2) is 23.7 Å². The molecular formula is C21H28BrNO3. The van der Waals surface area contributed by atoms with Crippen molar-refractivity contribution in [2.75, 3.05) is 11.9 Å². The first-order valence-electron chi connectivity index (χ1n) is 9.19. The molecule has 0 aliphatic carbocycles. The molecule has 0 bridgehead atoms. The number of nitrogens with zero attached hydrogens (tertiary/aromatic N) is 1. The van der Waals surface area contributed by atoms with Crippen LogP contribution in [0.15, 0.2) is 24.3 Å². The van der Waals surface area contributed by atoms with Crippen LogP contribution in [0.2, 0.25) is 0 Å². The van der Waals surface area contributed by atoms with Gasteiger partial charge in [0, 0.05) is 12.8 Å². The molecule has 1 aromatic carbocycles. The van der Waals surface area contributed by atoms with Crippen LogP contribution in [-0.2, 0) is 26.2 Å². The van der Waals surface area contributed by atoms with Gasteiger partial charge in [-0.15, -0.1) is 0 Å². The average Bonchev–Trinajstić information content (AvgIpc) is 2.65. The Morgan fingerprint density at radius 1 is 1.27 bits per heavy atom. The molecule has 0 saturated heterocycles. The lowest BCUT2D eigenvalue weighted by molar-refractivity contribution is -0.143. The molecule has 1 aromatic rings. The molecule has 26 heavy (non-hydrogen) atoms. The second kappa shape index (κ2) is 11.9. The Bertz CT molecular complexity index is 638. The molecule has 0 N–H and O–H groups in total. The predicted molar refractivity (Wildman–Crippen MR) is 106 cm³/mol. The van der Waals surface area contributed by atoms with Crippen LogP contribution in [0, 0.1) is 11.3 Å². The summed E-state index contributed by atoms with van der Waals surface area (Å²) in [7, 11) is 0. The molecule has 4 nitrogen and oxygen atoms in total. The molecule has 0 aromatic heterocycles. The van der Waals surface area contributed by atoms with Crippen molar-refractivity contribution >= 4 is 27.7 Å². The first-order valence-corrected chi connectivity index (χ1v) is 10.3. The number of rotatable bonds is 12. The van der Waals surface area contributed by atoms with Crippen molar-refractivity contribution in [1.82, 2.24) is 0 Å². The van der Waals surface area contributed by atoms with E-state index in [2.05, 4.69) is 22.0 Å². The Morgan fingerprint density at radius 2 is 2.04 bits per heavy atom. The van der Waals surface area contributed by atoms with Gasteiger partial charge in [-0.2, -0.15) is 5.26 Å². The van der Waals surface area contributed by atoms with E-state index in [4.69, 9.17) is 10.00 Å². The van der Waals surface area contributed by atoms with Crippen molar-refractivity contribution in [3.8, 4) is 6.07 Å². The van der Waals surface area contributed by atoms with Gasteiger partial charge in [-0.3, -0.25) is 9.59 Å². The molecule has 0 spiro atoms. The van der Waals surface area contributed by atoms with Crippen molar-refractivity contribution in [1.29, 1.82) is 5.26 Å². The van der Waals surface area contributed by atoms with Gasteiger partial charge in [0.1, 0.15) is 0 Å². The van der Waals surface area contributed by atoms with E-state index < -0.39 is 5.41 Å². The summed E-state index contributed by atoms with van der Waals surface area (Å²) in [6, 6.07) is 10.1. The molecule has 0 saturated carbocycles. The van der Waals surface area contributed by atoms with Crippen LogP contribution in [0.3, 0.4) is 0 Å². The number of Topliss-reactive ketones (excluding diaryl/α,β-unsaturated/α-hetero) is 1. The van der Waals surface area contributed by atoms with Crippen LogP contribution in [0.25, 0.3) is 0 Å². The summed E-state index contributed by atoms with van der Waals surface area (Å²) in [5.41, 5.74) is 1.47. The van der Waals surface area contributed by atoms with E-state index >= 15 is 0 Å². The topological polar surface area (TPSA) is 67.2 Å². The van der Waals surface area contributed by atoms with Gasteiger partial charge in [-0.1, -0.05) is 53.0 Å².